The molecule has 154 valence electrons. The van der Waals surface area contributed by atoms with Gasteiger partial charge in [-0.05, 0) is 12.8 Å². The van der Waals surface area contributed by atoms with Crippen molar-refractivity contribution in [3.05, 3.63) is 35.4 Å². The highest BCUT2D eigenvalue weighted by atomic mass is 16.6. The van der Waals surface area contributed by atoms with E-state index in [1.165, 1.54) is 51.9 Å². The van der Waals surface area contributed by atoms with Crippen molar-refractivity contribution in [2.45, 2.75) is 96.5 Å². The fraction of sp³-hybridized carbons (Fsp3) is 0.625. The molecule has 0 radical (unpaired) electrons. The van der Waals surface area contributed by atoms with E-state index in [4.69, 9.17) is 4.74 Å². The Hall–Kier alpha value is -1.97. The molecule has 4 nitrogen and oxygen atoms in total. The molecule has 28 heavy (non-hydrogen) atoms. The van der Waals surface area contributed by atoms with Gasteiger partial charge in [-0.2, -0.15) is 0 Å². The lowest BCUT2D eigenvalue weighted by molar-refractivity contribution is -0.153. The monoisotopic (exact) mass is 386 g/mol. The Morgan fingerprint density at radius 1 is 0.893 bits per heavy atom. The lowest BCUT2D eigenvalue weighted by Crippen LogP contribution is -2.48. The maximum absolute atomic E-state index is 13.1. The number of ether oxygens (including phenoxy) is 1. The number of ketones is 2. The smallest absolute Gasteiger partial charge is 0.303 e. The third-order valence-electron chi connectivity index (χ3n) is 5.61. The van der Waals surface area contributed by atoms with Crippen molar-refractivity contribution >= 4 is 17.5 Å². The number of Topliss-reactive ketones (excluding diaryl/α,β-unsaturated/α-hetero) is 2. The lowest BCUT2D eigenvalue weighted by Gasteiger charge is -2.35. The summed E-state index contributed by atoms with van der Waals surface area (Å²) in [4.78, 5) is 37.3. The molecule has 0 aromatic heterocycles. The van der Waals surface area contributed by atoms with Crippen molar-refractivity contribution in [1.82, 2.24) is 0 Å². The normalized spacial score (nSPS) is 18.8. The molecule has 0 heterocycles. The van der Waals surface area contributed by atoms with E-state index in [1.807, 2.05) is 0 Å². The van der Waals surface area contributed by atoms with Gasteiger partial charge in [0.1, 0.15) is 0 Å². The van der Waals surface area contributed by atoms with Crippen LogP contribution in [0, 0.1) is 0 Å². The zero-order valence-corrected chi connectivity index (χ0v) is 17.4. The van der Waals surface area contributed by atoms with Crippen LogP contribution in [-0.2, 0) is 9.53 Å². The SMILES string of the molecule is CCCCCCCCCCCCC1(OC(C)=O)CC(=O)c2ccccc2C1=O. The van der Waals surface area contributed by atoms with Crippen LogP contribution in [0.2, 0.25) is 0 Å². The summed E-state index contributed by atoms with van der Waals surface area (Å²) in [5, 5.41) is 0. The molecule has 0 bridgehead atoms. The summed E-state index contributed by atoms with van der Waals surface area (Å²) in [5.74, 6) is -0.857. The van der Waals surface area contributed by atoms with Gasteiger partial charge in [-0.25, -0.2) is 0 Å². The predicted molar refractivity (Wildman–Crippen MR) is 111 cm³/mol. The Morgan fingerprint density at radius 2 is 1.43 bits per heavy atom. The number of hydrogen-bond donors (Lipinski definition) is 0. The summed E-state index contributed by atoms with van der Waals surface area (Å²) in [7, 11) is 0. The molecule has 1 aromatic carbocycles. The first-order chi connectivity index (χ1) is 13.5. The topological polar surface area (TPSA) is 60.4 Å². The van der Waals surface area contributed by atoms with Gasteiger partial charge >= 0.3 is 5.97 Å². The first-order valence-electron chi connectivity index (χ1n) is 10.9. The number of esters is 1. The molecule has 4 heteroatoms. The largest absolute Gasteiger partial charge is 0.450 e. The number of benzene rings is 1. The van der Waals surface area contributed by atoms with Gasteiger partial charge < -0.3 is 4.74 Å². The van der Waals surface area contributed by atoms with Gasteiger partial charge in [0, 0.05) is 18.1 Å². The van der Waals surface area contributed by atoms with Gasteiger partial charge in [0.05, 0.1) is 6.42 Å². The van der Waals surface area contributed by atoms with Crippen molar-refractivity contribution in [2.24, 2.45) is 0 Å². The number of fused-ring (bicyclic) bond motifs is 1. The maximum Gasteiger partial charge on any atom is 0.303 e. The van der Waals surface area contributed by atoms with Gasteiger partial charge in [0.25, 0.3) is 0 Å². The Labute approximate surface area is 169 Å². The number of carbonyl (C=O) groups excluding carboxylic acids is 3. The first-order valence-corrected chi connectivity index (χ1v) is 10.9. The van der Waals surface area contributed by atoms with Crippen LogP contribution in [0.1, 0.15) is 112 Å². The molecule has 0 N–H and O–H groups in total. The first kappa shape index (κ1) is 22.3. The van der Waals surface area contributed by atoms with E-state index in [-0.39, 0.29) is 18.0 Å². The molecule has 0 saturated carbocycles. The second-order valence-electron chi connectivity index (χ2n) is 7.99. The van der Waals surface area contributed by atoms with Crippen LogP contribution >= 0.6 is 0 Å². The molecule has 0 aliphatic heterocycles. The zero-order chi connectivity index (χ0) is 20.4. The average molecular weight is 387 g/mol. The highest BCUT2D eigenvalue weighted by molar-refractivity contribution is 6.18. The highest BCUT2D eigenvalue weighted by Gasteiger charge is 2.48. The van der Waals surface area contributed by atoms with E-state index in [0.29, 0.717) is 17.5 Å². The number of unbranched alkanes of at least 4 members (excludes halogenated alkanes) is 9. The highest BCUT2D eigenvalue weighted by Crippen LogP contribution is 2.36. The third-order valence-corrected chi connectivity index (χ3v) is 5.61. The second kappa shape index (κ2) is 11.1. The van der Waals surface area contributed by atoms with Gasteiger partial charge in [0.15, 0.2) is 11.4 Å². The van der Waals surface area contributed by atoms with E-state index < -0.39 is 11.6 Å². The van der Waals surface area contributed by atoms with Crippen LogP contribution in [0.3, 0.4) is 0 Å². The predicted octanol–water partition coefficient (Wildman–Crippen LogP) is 6.07. The quantitative estimate of drug-likeness (QED) is 0.323. The zero-order valence-electron chi connectivity index (χ0n) is 17.4. The van der Waals surface area contributed by atoms with Crippen LogP contribution in [-0.4, -0.2) is 23.1 Å². The summed E-state index contributed by atoms with van der Waals surface area (Å²) in [6.07, 6.45) is 12.3. The molecule has 1 aromatic rings. The average Bonchev–Trinajstić information content (AvgIpc) is 2.67. The molecular weight excluding hydrogens is 352 g/mol. The van der Waals surface area contributed by atoms with E-state index >= 15 is 0 Å². The van der Waals surface area contributed by atoms with Crippen molar-refractivity contribution in [1.29, 1.82) is 0 Å². The summed E-state index contributed by atoms with van der Waals surface area (Å²) >= 11 is 0. The Morgan fingerprint density at radius 3 is 2.00 bits per heavy atom. The van der Waals surface area contributed by atoms with E-state index in [9.17, 15) is 14.4 Å². The Balaban J connectivity index is 1.86. The van der Waals surface area contributed by atoms with Crippen LogP contribution in [0.5, 0.6) is 0 Å². The van der Waals surface area contributed by atoms with E-state index in [0.717, 1.165) is 19.3 Å². The molecule has 0 spiro atoms. The van der Waals surface area contributed by atoms with Gasteiger partial charge in [0.2, 0.25) is 5.78 Å². The maximum atomic E-state index is 13.1. The minimum atomic E-state index is -1.32. The van der Waals surface area contributed by atoms with Crippen LogP contribution < -0.4 is 0 Å². The summed E-state index contributed by atoms with van der Waals surface area (Å²) < 4.78 is 5.49. The standard InChI is InChI=1S/C24H34O4/c1-3-4-5-6-7-8-9-10-11-14-17-24(28-19(2)25)18-22(26)20-15-12-13-16-21(20)23(24)27/h12-13,15-16H,3-11,14,17-18H2,1-2H3. The Bertz CT molecular complexity index is 679. The molecule has 2 rings (SSSR count). The van der Waals surface area contributed by atoms with Crippen molar-refractivity contribution < 1.29 is 19.1 Å². The fourth-order valence-corrected chi connectivity index (χ4v) is 4.11. The van der Waals surface area contributed by atoms with Crippen LogP contribution in [0.4, 0.5) is 0 Å². The molecule has 1 aliphatic rings. The molecule has 0 saturated heterocycles. The molecule has 1 unspecified atom stereocenters. The van der Waals surface area contributed by atoms with Gasteiger partial charge in [-0.15, -0.1) is 0 Å². The van der Waals surface area contributed by atoms with Gasteiger partial charge in [-0.1, -0.05) is 89.0 Å². The third kappa shape index (κ3) is 6.02. The number of rotatable bonds is 12. The lowest BCUT2D eigenvalue weighted by atomic mass is 9.75. The Kier molecular flexibility index (Phi) is 8.88. The molecule has 1 aliphatic carbocycles. The molecular formula is C24H34O4. The number of carbonyl (C=O) groups is 3. The van der Waals surface area contributed by atoms with Crippen LogP contribution in [0.15, 0.2) is 24.3 Å². The second-order valence-corrected chi connectivity index (χ2v) is 7.99. The van der Waals surface area contributed by atoms with Crippen molar-refractivity contribution in [2.75, 3.05) is 0 Å². The van der Waals surface area contributed by atoms with Crippen LogP contribution in [0.25, 0.3) is 0 Å². The minimum Gasteiger partial charge on any atom is -0.450 e. The summed E-state index contributed by atoms with van der Waals surface area (Å²) in [6.45, 7) is 3.53. The minimum absolute atomic E-state index is 0.0418. The van der Waals surface area contributed by atoms with Crippen molar-refractivity contribution in [3.8, 4) is 0 Å². The molecule has 0 fully saturated rings. The molecule has 1 atom stereocenters. The van der Waals surface area contributed by atoms with Gasteiger partial charge in [-0.3, -0.25) is 14.4 Å². The number of hydrogen-bond acceptors (Lipinski definition) is 4. The van der Waals surface area contributed by atoms with E-state index in [1.54, 1.807) is 24.3 Å². The summed E-state index contributed by atoms with van der Waals surface area (Å²) in [5.41, 5.74) is -0.498. The fourth-order valence-electron chi connectivity index (χ4n) is 4.11. The van der Waals surface area contributed by atoms with E-state index in [2.05, 4.69) is 6.92 Å². The molecule has 0 amide bonds. The summed E-state index contributed by atoms with van der Waals surface area (Å²) in [6, 6.07) is 6.83. The van der Waals surface area contributed by atoms with Crippen molar-refractivity contribution in [3.63, 3.8) is 0 Å².